The molecular formula is C8H18N2O3. The zero-order valence-electron chi connectivity index (χ0n) is 7.91. The predicted molar refractivity (Wildman–Crippen MR) is 48.0 cm³/mol. The van der Waals surface area contributed by atoms with Gasteiger partial charge in [-0.15, -0.1) is 0 Å². The van der Waals surface area contributed by atoms with Gasteiger partial charge < -0.3 is 20.4 Å². The van der Waals surface area contributed by atoms with E-state index in [0.717, 1.165) is 39.5 Å². The summed E-state index contributed by atoms with van der Waals surface area (Å²) < 4.78 is 16.1. The molecule has 0 amide bonds. The van der Waals surface area contributed by atoms with Gasteiger partial charge in [-0.2, -0.15) is 0 Å². The van der Waals surface area contributed by atoms with Gasteiger partial charge in [0.1, 0.15) is 6.23 Å². The van der Waals surface area contributed by atoms with E-state index in [1.165, 1.54) is 0 Å². The molecule has 0 aromatic heterocycles. The molecule has 1 unspecified atom stereocenters. The van der Waals surface area contributed by atoms with Crippen molar-refractivity contribution in [2.24, 2.45) is 0 Å². The van der Waals surface area contributed by atoms with Gasteiger partial charge in [0.15, 0.2) is 0 Å². The van der Waals surface area contributed by atoms with E-state index in [2.05, 4.69) is 4.90 Å². The van der Waals surface area contributed by atoms with Gasteiger partial charge in [0.25, 0.3) is 0 Å². The molecule has 2 heterocycles. The summed E-state index contributed by atoms with van der Waals surface area (Å²) in [4.78, 5) is 2.28. The predicted octanol–water partition coefficient (Wildman–Crippen LogP) is -0.146. The number of rotatable bonds is 1. The maximum absolute atomic E-state index is 5.56. The summed E-state index contributed by atoms with van der Waals surface area (Å²) in [5.41, 5.74) is 0. The van der Waals surface area contributed by atoms with Crippen LogP contribution in [0, 0.1) is 0 Å². The van der Waals surface area contributed by atoms with Crippen LogP contribution in [0.1, 0.15) is 0 Å². The molecule has 3 N–H and O–H groups in total. The molecule has 5 heteroatoms. The van der Waals surface area contributed by atoms with Crippen LogP contribution in [-0.4, -0.2) is 57.3 Å². The Labute approximate surface area is 78.5 Å². The van der Waals surface area contributed by atoms with Crippen molar-refractivity contribution in [3.8, 4) is 0 Å². The molecule has 2 aliphatic rings. The highest BCUT2D eigenvalue weighted by Crippen LogP contribution is 2.08. The minimum absolute atomic E-state index is 0. The zero-order valence-corrected chi connectivity index (χ0v) is 7.91. The van der Waals surface area contributed by atoms with Crippen molar-refractivity contribution in [3.05, 3.63) is 0 Å². The third-order valence-electron chi connectivity index (χ3n) is 2.25. The first-order valence-corrected chi connectivity index (χ1v) is 4.48. The van der Waals surface area contributed by atoms with Crippen LogP contribution in [0.25, 0.3) is 0 Å². The molecule has 2 aliphatic heterocycles. The second-order valence-electron chi connectivity index (χ2n) is 3.05. The summed E-state index contributed by atoms with van der Waals surface area (Å²) in [7, 11) is 0. The third kappa shape index (κ3) is 2.89. The fourth-order valence-corrected chi connectivity index (χ4v) is 1.55. The van der Waals surface area contributed by atoms with Crippen LogP contribution in [0.2, 0.25) is 0 Å². The second-order valence-corrected chi connectivity index (χ2v) is 3.05. The monoisotopic (exact) mass is 190 g/mol. The summed E-state index contributed by atoms with van der Waals surface area (Å²) in [5, 5.41) is 0. The Kier molecular flexibility index (Phi) is 4.61. The van der Waals surface area contributed by atoms with Crippen molar-refractivity contribution in [1.82, 2.24) is 11.1 Å². The lowest BCUT2D eigenvalue weighted by molar-refractivity contribution is -0.169. The lowest BCUT2D eigenvalue weighted by Crippen LogP contribution is -2.49. The molecule has 0 aromatic carbocycles. The Bertz CT molecular complexity index is 117. The lowest BCUT2D eigenvalue weighted by atomic mass is 10.4. The fraction of sp³-hybridized carbons (Fsp3) is 1.00. The summed E-state index contributed by atoms with van der Waals surface area (Å²) in [5.74, 6) is 0. The van der Waals surface area contributed by atoms with E-state index in [-0.39, 0.29) is 12.4 Å². The van der Waals surface area contributed by atoms with Crippen molar-refractivity contribution >= 4 is 0 Å². The Morgan fingerprint density at radius 1 is 0.923 bits per heavy atom. The van der Waals surface area contributed by atoms with Gasteiger partial charge in [-0.1, -0.05) is 0 Å². The molecule has 0 aromatic rings. The molecule has 2 fully saturated rings. The van der Waals surface area contributed by atoms with E-state index in [9.17, 15) is 0 Å². The normalized spacial score (nSPS) is 30.9. The smallest absolute Gasteiger partial charge is 0.134 e. The van der Waals surface area contributed by atoms with Crippen molar-refractivity contribution in [2.75, 3.05) is 46.1 Å². The van der Waals surface area contributed by atoms with E-state index < -0.39 is 0 Å². The van der Waals surface area contributed by atoms with E-state index >= 15 is 0 Å². The maximum atomic E-state index is 5.56. The van der Waals surface area contributed by atoms with Crippen LogP contribution in [0.5, 0.6) is 0 Å². The second kappa shape index (κ2) is 5.51. The minimum atomic E-state index is 0. The average molecular weight is 190 g/mol. The van der Waals surface area contributed by atoms with Gasteiger partial charge in [0, 0.05) is 13.1 Å². The van der Waals surface area contributed by atoms with E-state index in [4.69, 9.17) is 14.2 Å². The maximum Gasteiger partial charge on any atom is 0.134 e. The number of hydrogen-bond acceptors (Lipinski definition) is 5. The highest BCUT2D eigenvalue weighted by Gasteiger charge is 2.23. The number of hydrogen-bond donors (Lipinski definition) is 1. The molecule has 0 radical (unpaired) electrons. The molecule has 2 saturated heterocycles. The van der Waals surface area contributed by atoms with Gasteiger partial charge in [0.2, 0.25) is 0 Å². The third-order valence-corrected chi connectivity index (χ3v) is 2.25. The molecule has 5 nitrogen and oxygen atoms in total. The first-order valence-electron chi connectivity index (χ1n) is 4.48. The molecule has 0 spiro atoms. The summed E-state index contributed by atoms with van der Waals surface area (Å²) >= 11 is 0. The van der Waals surface area contributed by atoms with Gasteiger partial charge in [-0.05, 0) is 0 Å². The van der Waals surface area contributed by atoms with Crippen LogP contribution < -0.4 is 6.15 Å². The van der Waals surface area contributed by atoms with Crippen LogP contribution >= 0.6 is 0 Å². The topological polar surface area (TPSA) is 65.9 Å². The van der Waals surface area contributed by atoms with Gasteiger partial charge in [-0.3, -0.25) is 4.90 Å². The minimum Gasteiger partial charge on any atom is -0.379 e. The Morgan fingerprint density at radius 2 is 1.69 bits per heavy atom. The molecule has 13 heavy (non-hydrogen) atoms. The molecule has 2 rings (SSSR count). The quantitative estimate of drug-likeness (QED) is 0.623. The number of morpholine rings is 1. The van der Waals surface area contributed by atoms with Gasteiger partial charge >= 0.3 is 0 Å². The SMILES string of the molecule is C1CN(C2COCCO2)CCO1.N. The van der Waals surface area contributed by atoms with Crippen molar-refractivity contribution in [3.63, 3.8) is 0 Å². The van der Waals surface area contributed by atoms with Gasteiger partial charge in [0.05, 0.1) is 33.0 Å². The first kappa shape index (κ1) is 10.9. The van der Waals surface area contributed by atoms with Gasteiger partial charge in [-0.25, -0.2) is 0 Å². The molecule has 0 saturated carbocycles. The standard InChI is InChI=1S/C8H15NO3.H3N/c1-3-10-4-2-9(1)8-7-11-5-6-12-8;/h8H,1-7H2;1H3. The molecule has 0 bridgehead atoms. The molecule has 1 atom stereocenters. The summed E-state index contributed by atoms with van der Waals surface area (Å²) in [6.45, 7) is 5.74. The molecule has 0 aliphatic carbocycles. The molecular weight excluding hydrogens is 172 g/mol. The summed E-state index contributed by atoms with van der Waals surface area (Å²) in [6, 6.07) is 0. The number of nitrogens with zero attached hydrogens (tertiary/aromatic N) is 1. The Morgan fingerprint density at radius 3 is 2.31 bits per heavy atom. The van der Waals surface area contributed by atoms with Crippen LogP contribution in [0.4, 0.5) is 0 Å². The van der Waals surface area contributed by atoms with E-state index in [1.54, 1.807) is 0 Å². The highest BCUT2D eigenvalue weighted by atomic mass is 16.6. The lowest BCUT2D eigenvalue weighted by Gasteiger charge is -2.35. The highest BCUT2D eigenvalue weighted by molar-refractivity contribution is 4.68. The summed E-state index contributed by atoms with van der Waals surface area (Å²) in [6.07, 6.45) is 0.169. The van der Waals surface area contributed by atoms with E-state index in [1.807, 2.05) is 0 Å². The van der Waals surface area contributed by atoms with E-state index in [0.29, 0.717) is 6.61 Å². The Balaban J connectivity index is 0.000000845. The zero-order chi connectivity index (χ0) is 8.23. The molecule has 78 valence electrons. The van der Waals surface area contributed by atoms with Crippen molar-refractivity contribution < 1.29 is 14.2 Å². The average Bonchev–Trinajstić information content (AvgIpc) is 2.21. The van der Waals surface area contributed by atoms with Crippen LogP contribution in [-0.2, 0) is 14.2 Å². The van der Waals surface area contributed by atoms with Crippen molar-refractivity contribution in [2.45, 2.75) is 6.23 Å². The van der Waals surface area contributed by atoms with Crippen LogP contribution in [0.3, 0.4) is 0 Å². The number of ether oxygens (including phenoxy) is 3. The largest absolute Gasteiger partial charge is 0.379 e. The first-order chi connectivity index (χ1) is 5.97. The Hall–Kier alpha value is -0.200. The fourth-order valence-electron chi connectivity index (χ4n) is 1.55. The van der Waals surface area contributed by atoms with Crippen LogP contribution in [0.15, 0.2) is 0 Å². The van der Waals surface area contributed by atoms with Crippen molar-refractivity contribution in [1.29, 1.82) is 0 Å².